The summed E-state index contributed by atoms with van der Waals surface area (Å²) in [6.45, 7) is 1.94. The summed E-state index contributed by atoms with van der Waals surface area (Å²) in [6, 6.07) is 16.6. The van der Waals surface area contributed by atoms with Gasteiger partial charge >= 0.3 is 0 Å². The highest BCUT2D eigenvalue weighted by molar-refractivity contribution is 6.35. The van der Waals surface area contributed by atoms with Crippen molar-refractivity contribution in [2.75, 3.05) is 10.6 Å². The highest BCUT2D eigenvalue weighted by atomic mass is 16.2. The molecule has 0 bridgehead atoms. The average Bonchev–Trinajstić information content (AvgIpc) is 3.25. The van der Waals surface area contributed by atoms with E-state index in [1.807, 2.05) is 43.3 Å². The van der Waals surface area contributed by atoms with Crippen LogP contribution in [0.1, 0.15) is 27.2 Å². The van der Waals surface area contributed by atoms with Gasteiger partial charge in [-0.05, 0) is 55.0 Å². The molecule has 1 aliphatic heterocycles. The van der Waals surface area contributed by atoms with E-state index in [1.54, 1.807) is 30.5 Å². The monoisotopic (exact) mass is 343 g/mol. The van der Waals surface area contributed by atoms with Gasteiger partial charge in [-0.1, -0.05) is 18.2 Å². The zero-order valence-corrected chi connectivity index (χ0v) is 14.2. The van der Waals surface area contributed by atoms with E-state index < -0.39 is 0 Å². The summed E-state index contributed by atoms with van der Waals surface area (Å²) in [6.07, 6.45) is 3.58. The molecule has 0 saturated heterocycles. The molecule has 3 N–H and O–H groups in total. The van der Waals surface area contributed by atoms with Crippen LogP contribution in [0.2, 0.25) is 0 Å². The summed E-state index contributed by atoms with van der Waals surface area (Å²) in [7, 11) is 0. The Morgan fingerprint density at radius 2 is 1.92 bits per heavy atom. The van der Waals surface area contributed by atoms with Gasteiger partial charge in [0.2, 0.25) is 0 Å². The van der Waals surface area contributed by atoms with Gasteiger partial charge in [0.1, 0.15) is 0 Å². The van der Waals surface area contributed by atoms with Gasteiger partial charge in [-0.2, -0.15) is 0 Å². The number of aromatic nitrogens is 1. The Bertz CT molecular complexity index is 1030. The van der Waals surface area contributed by atoms with Gasteiger partial charge in [0.25, 0.3) is 11.8 Å². The molecule has 1 aromatic heterocycles. The van der Waals surface area contributed by atoms with Gasteiger partial charge in [-0.15, -0.1) is 0 Å². The van der Waals surface area contributed by atoms with Crippen LogP contribution in [0.3, 0.4) is 0 Å². The molecule has 2 heterocycles. The zero-order chi connectivity index (χ0) is 18.1. The number of amides is 2. The molecule has 3 aromatic rings. The van der Waals surface area contributed by atoms with E-state index in [1.165, 1.54) is 0 Å². The minimum absolute atomic E-state index is 0.175. The summed E-state index contributed by atoms with van der Waals surface area (Å²) >= 11 is 0. The first-order valence-corrected chi connectivity index (χ1v) is 8.29. The van der Waals surface area contributed by atoms with E-state index in [9.17, 15) is 9.59 Å². The van der Waals surface area contributed by atoms with Crippen molar-refractivity contribution in [1.29, 1.82) is 0 Å². The van der Waals surface area contributed by atoms with Crippen molar-refractivity contribution in [2.45, 2.75) is 6.92 Å². The number of hydrogen-bond acceptors (Lipinski definition) is 2. The molecule has 2 aromatic carbocycles. The number of nitrogens with one attached hydrogen (secondary N) is 3. The summed E-state index contributed by atoms with van der Waals surface area (Å²) in [4.78, 5) is 28.0. The third kappa shape index (κ3) is 2.91. The van der Waals surface area contributed by atoms with Crippen molar-refractivity contribution in [1.82, 2.24) is 4.98 Å². The van der Waals surface area contributed by atoms with Crippen molar-refractivity contribution >= 4 is 34.8 Å². The first-order chi connectivity index (χ1) is 12.6. The topological polar surface area (TPSA) is 74.0 Å². The standard InChI is InChI=1S/C21H17N3O2/c1-13-5-2-3-7-18(13)23-20(25)14-8-9-19-16(11-14)17(21(26)24-19)12-15-6-4-10-22-15/h2-12,22H,1H3,(H,23,25)(H,24,26)/b17-12-. The lowest BCUT2D eigenvalue weighted by atomic mass is 10.0. The summed E-state index contributed by atoms with van der Waals surface area (Å²) < 4.78 is 0. The van der Waals surface area contributed by atoms with E-state index in [-0.39, 0.29) is 11.8 Å². The number of H-pyrrole nitrogens is 1. The van der Waals surface area contributed by atoms with Crippen LogP contribution in [0.25, 0.3) is 11.6 Å². The van der Waals surface area contributed by atoms with Crippen molar-refractivity contribution in [2.24, 2.45) is 0 Å². The Hall–Kier alpha value is -3.60. The molecule has 0 saturated carbocycles. The summed E-state index contributed by atoms with van der Waals surface area (Å²) in [5.74, 6) is -0.383. The number of aryl methyl sites for hydroxylation is 1. The van der Waals surface area contributed by atoms with Crippen LogP contribution >= 0.6 is 0 Å². The first kappa shape index (κ1) is 15.9. The SMILES string of the molecule is Cc1ccccc1NC(=O)c1ccc2c(c1)/C(=C/c1ccc[nH]1)C(=O)N2. The van der Waals surface area contributed by atoms with Gasteiger partial charge in [0, 0.05) is 34.4 Å². The molecular weight excluding hydrogens is 326 g/mol. The van der Waals surface area contributed by atoms with E-state index in [4.69, 9.17) is 0 Å². The average molecular weight is 343 g/mol. The lowest BCUT2D eigenvalue weighted by molar-refractivity contribution is -0.110. The fourth-order valence-electron chi connectivity index (χ4n) is 2.97. The van der Waals surface area contributed by atoms with Crippen molar-refractivity contribution < 1.29 is 9.59 Å². The molecular formula is C21H17N3O2. The number of anilines is 2. The first-order valence-electron chi connectivity index (χ1n) is 8.29. The van der Waals surface area contributed by atoms with E-state index in [0.717, 1.165) is 22.5 Å². The maximum absolute atomic E-state index is 12.6. The minimum atomic E-state index is -0.208. The predicted molar refractivity (Wildman–Crippen MR) is 103 cm³/mol. The van der Waals surface area contributed by atoms with Crippen LogP contribution in [0.4, 0.5) is 11.4 Å². The van der Waals surface area contributed by atoms with Crippen LogP contribution < -0.4 is 10.6 Å². The second-order valence-corrected chi connectivity index (χ2v) is 6.17. The van der Waals surface area contributed by atoms with Crippen LogP contribution in [-0.4, -0.2) is 16.8 Å². The second kappa shape index (κ2) is 6.37. The molecule has 2 amide bonds. The van der Waals surface area contributed by atoms with Crippen LogP contribution in [0.15, 0.2) is 60.8 Å². The van der Waals surface area contributed by atoms with E-state index in [0.29, 0.717) is 16.8 Å². The molecule has 128 valence electrons. The van der Waals surface area contributed by atoms with Crippen LogP contribution in [-0.2, 0) is 4.79 Å². The molecule has 26 heavy (non-hydrogen) atoms. The predicted octanol–water partition coefficient (Wildman–Crippen LogP) is 4.07. The Kier molecular flexibility index (Phi) is 3.89. The number of rotatable bonds is 3. The second-order valence-electron chi connectivity index (χ2n) is 6.17. The quantitative estimate of drug-likeness (QED) is 0.627. The molecule has 5 nitrogen and oxygen atoms in total. The third-order valence-electron chi connectivity index (χ3n) is 4.38. The number of benzene rings is 2. The molecule has 0 aliphatic carbocycles. The number of aromatic amines is 1. The van der Waals surface area contributed by atoms with Crippen molar-refractivity contribution in [3.8, 4) is 0 Å². The van der Waals surface area contributed by atoms with Gasteiger partial charge in [-0.25, -0.2) is 0 Å². The van der Waals surface area contributed by atoms with Crippen LogP contribution in [0.5, 0.6) is 0 Å². The van der Waals surface area contributed by atoms with E-state index >= 15 is 0 Å². The lowest BCUT2D eigenvalue weighted by Gasteiger charge is -2.09. The van der Waals surface area contributed by atoms with Crippen LogP contribution in [0, 0.1) is 6.92 Å². The van der Waals surface area contributed by atoms with Gasteiger partial charge in [0.15, 0.2) is 0 Å². The molecule has 0 spiro atoms. The Morgan fingerprint density at radius 3 is 2.69 bits per heavy atom. The fourth-order valence-corrected chi connectivity index (χ4v) is 2.97. The maximum atomic E-state index is 12.6. The largest absolute Gasteiger partial charge is 0.362 e. The molecule has 5 heteroatoms. The number of carbonyl (C=O) groups is 2. The number of para-hydroxylation sites is 1. The molecule has 0 unspecified atom stereocenters. The third-order valence-corrected chi connectivity index (χ3v) is 4.38. The Balaban J connectivity index is 1.67. The normalized spacial score (nSPS) is 14.2. The number of carbonyl (C=O) groups excluding carboxylic acids is 2. The van der Waals surface area contributed by atoms with Gasteiger partial charge in [0.05, 0.1) is 5.57 Å². The number of fused-ring (bicyclic) bond motifs is 1. The van der Waals surface area contributed by atoms with Gasteiger partial charge < -0.3 is 15.6 Å². The number of hydrogen-bond donors (Lipinski definition) is 3. The van der Waals surface area contributed by atoms with E-state index in [2.05, 4.69) is 15.6 Å². The highest BCUT2D eigenvalue weighted by Gasteiger charge is 2.25. The molecule has 0 radical (unpaired) electrons. The summed E-state index contributed by atoms with van der Waals surface area (Å²) in [5, 5.41) is 5.75. The Morgan fingerprint density at radius 1 is 1.08 bits per heavy atom. The minimum Gasteiger partial charge on any atom is -0.362 e. The highest BCUT2D eigenvalue weighted by Crippen LogP contribution is 2.33. The Labute approximate surface area is 150 Å². The fraction of sp³-hybridized carbons (Fsp3) is 0.0476. The van der Waals surface area contributed by atoms with Crippen molar-refractivity contribution in [3.05, 3.63) is 83.2 Å². The maximum Gasteiger partial charge on any atom is 0.256 e. The smallest absolute Gasteiger partial charge is 0.256 e. The zero-order valence-electron chi connectivity index (χ0n) is 14.2. The summed E-state index contributed by atoms with van der Waals surface area (Å²) in [5.41, 5.74) is 5.06. The lowest BCUT2D eigenvalue weighted by Crippen LogP contribution is -2.12. The molecule has 1 aliphatic rings. The van der Waals surface area contributed by atoms with Crippen molar-refractivity contribution in [3.63, 3.8) is 0 Å². The molecule has 0 fully saturated rings. The molecule has 4 rings (SSSR count). The molecule has 0 atom stereocenters. The van der Waals surface area contributed by atoms with Gasteiger partial charge in [-0.3, -0.25) is 9.59 Å².